The van der Waals surface area contributed by atoms with Gasteiger partial charge in [0, 0.05) is 30.5 Å². The molecule has 2 saturated carbocycles. The van der Waals surface area contributed by atoms with E-state index in [2.05, 4.69) is 24.0 Å². The predicted molar refractivity (Wildman–Crippen MR) is 95.0 cm³/mol. The molecule has 4 nitrogen and oxygen atoms in total. The van der Waals surface area contributed by atoms with Gasteiger partial charge in [0.2, 0.25) is 0 Å². The summed E-state index contributed by atoms with van der Waals surface area (Å²) >= 11 is 0. The van der Waals surface area contributed by atoms with Crippen LogP contribution in [0.15, 0.2) is 12.1 Å². The van der Waals surface area contributed by atoms with Crippen LogP contribution in [0, 0.1) is 23.7 Å². The van der Waals surface area contributed by atoms with Gasteiger partial charge in [0.15, 0.2) is 11.5 Å². The minimum atomic E-state index is 0.0694. The second kappa shape index (κ2) is 5.47. The van der Waals surface area contributed by atoms with Crippen LogP contribution in [0.4, 0.5) is 0 Å². The van der Waals surface area contributed by atoms with Crippen molar-refractivity contribution < 1.29 is 14.3 Å². The van der Waals surface area contributed by atoms with Crippen molar-refractivity contribution in [2.75, 3.05) is 20.8 Å². The van der Waals surface area contributed by atoms with Gasteiger partial charge in [-0.2, -0.15) is 0 Å². The molecule has 2 aliphatic carbocycles. The maximum atomic E-state index is 13.2. The van der Waals surface area contributed by atoms with Gasteiger partial charge in [0.1, 0.15) is 5.78 Å². The van der Waals surface area contributed by atoms with E-state index in [1.54, 1.807) is 14.2 Å². The maximum absolute atomic E-state index is 13.2. The molecule has 1 saturated heterocycles. The summed E-state index contributed by atoms with van der Waals surface area (Å²) in [7, 11) is 3.37. The number of carbonyl (C=O) groups excluding carboxylic acids is 1. The van der Waals surface area contributed by atoms with E-state index < -0.39 is 0 Å². The number of nitrogens with zero attached hydrogens (tertiary/aromatic N) is 1. The van der Waals surface area contributed by atoms with Gasteiger partial charge in [-0.1, -0.05) is 13.3 Å². The number of fused-ring (bicyclic) bond motifs is 8. The molecule has 0 aromatic heterocycles. The third kappa shape index (κ3) is 1.95. The molecule has 3 fully saturated rings. The number of methoxy groups -OCH3 is 2. The third-order valence-corrected chi connectivity index (χ3v) is 7.49. The fraction of sp³-hybridized carbons (Fsp3) is 0.667. The number of Topliss-reactive ketones (excluding diaryl/α,β-unsaturated/α-hetero) is 1. The van der Waals surface area contributed by atoms with E-state index in [0.29, 0.717) is 23.7 Å². The molecule has 0 spiro atoms. The summed E-state index contributed by atoms with van der Waals surface area (Å²) in [6.07, 6.45) is 4.93. The molecule has 0 radical (unpaired) electrons. The monoisotopic (exact) mass is 341 g/mol. The summed E-state index contributed by atoms with van der Waals surface area (Å²) in [5.41, 5.74) is 2.60. The zero-order valence-electron chi connectivity index (χ0n) is 15.3. The van der Waals surface area contributed by atoms with Crippen molar-refractivity contribution in [2.24, 2.45) is 23.7 Å². The van der Waals surface area contributed by atoms with Crippen LogP contribution in [0.1, 0.15) is 43.4 Å². The predicted octanol–water partition coefficient (Wildman–Crippen LogP) is 3.24. The Balaban J connectivity index is 1.58. The molecular formula is C21H27NO3. The summed E-state index contributed by atoms with van der Waals surface area (Å²) in [5, 5.41) is 0. The number of hydrogen-bond acceptors (Lipinski definition) is 4. The highest BCUT2D eigenvalue weighted by Gasteiger charge is 2.63. The first-order chi connectivity index (χ1) is 12.2. The molecule has 0 bridgehead atoms. The van der Waals surface area contributed by atoms with Crippen molar-refractivity contribution >= 4 is 5.78 Å². The van der Waals surface area contributed by atoms with Gasteiger partial charge in [-0.15, -0.1) is 0 Å². The minimum absolute atomic E-state index is 0.0694. The second-order valence-corrected chi connectivity index (χ2v) is 8.30. The highest BCUT2D eigenvalue weighted by atomic mass is 16.5. The van der Waals surface area contributed by atoms with Gasteiger partial charge < -0.3 is 9.47 Å². The van der Waals surface area contributed by atoms with Crippen molar-refractivity contribution in [3.63, 3.8) is 0 Å². The first kappa shape index (κ1) is 15.7. The minimum Gasteiger partial charge on any atom is -0.493 e. The Labute approximate surface area is 149 Å². The van der Waals surface area contributed by atoms with Crippen LogP contribution in [0.2, 0.25) is 0 Å². The molecule has 5 rings (SSSR count). The lowest BCUT2D eigenvalue weighted by atomic mass is 9.54. The molecule has 1 aromatic rings. The molecule has 0 N–H and O–H groups in total. The number of piperidine rings is 1. The Morgan fingerprint density at radius 3 is 2.56 bits per heavy atom. The van der Waals surface area contributed by atoms with Gasteiger partial charge in [-0.05, 0) is 54.4 Å². The van der Waals surface area contributed by atoms with Gasteiger partial charge in [-0.3, -0.25) is 9.69 Å². The Morgan fingerprint density at radius 1 is 1.08 bits per heavy atom. The summed E-state index contributed by atoms with van der Waals surface area (Å²) in [5.74, 6) is 3.88. The normalized spacial score (nSPS) is 38.9. The van der Waals surface area contributed by atoms with Crippen molar-refractivity contribution in [2.45, 2.75) is 44.7 Å². The molecule has 6 atom stereocenters. The van der Waals surface area contributed by atoms with Gasteiger partial charge in [0.05, 0.1) is 14.2 Å². The van der Waals surface area contributed by atoms with Crippen LogP contribution in [-0.2, 0) is 11.2 Å². The number of ketones is 1. The lowest BCUT2D eigenvalue weighted by molar-refractivity contribution is -0.165. The van der Waals surface area contributed by atoms with Crippen molar-refractivity contribution in [3.8, 4) is 11.5 Å². The molecular weight excluding hydrogens is 314 g/mol. The smallest absolute Gasteiger partial charge is 0.161 e. The molecule has 134 valence electrons. The first-order valence-corrected chi connectivity index (χ1v) is 9.70. The Bertz CT molecular complexity index is 730. The third-order valence-electron chi connectivity index (χ3n) is 7.49. The summed E-state index contributed by atoms with van der Waals surface area (Å²) < 4.78 is 11.0. The number of rotatable bonds is 2. The highest BCUT2D eigenvalue weighted by Crippen LogP contribution is 2.60. The zero-order valence-corrected chi connectivity index (χ0v) is 15.3. The summed E-state index contributed by atoms with van der Waals surface area (Å²) in [4.78, 5) is 15.9. The summed E-state index contributed by atoms with van der Waals surface area (Å²) in [6.45, 7) is 3.21. The first-order valence-electron chi connectivity index (χ1n) is 9.70. The fourth-order valence-corrected chi connectivity index (χ4v) is 6.44. The quantitative estimate of drug-likeness (QED) is 0.828. The lowest BCUT2D eigenvalue weighted by Gasteiger charge is -2.61. The van der Waals surface area contributed by atoms with Gasteiger partial charge >= 0.3 is 0 Å². The number of benzene rings is 1. The highest BCUT2D eigenvalue weighted by molar-refractivity contribution is 5.87. The Morgan fingerprint density at radius 2 is 1.80 bits per heavy atom. The largest absolute Gasteiger partial charge is 0.493 e. The topological polar surface area (TPSA) is 38.8 Å². The van der Waals surface area contributed by atoms with Crippen LogP contribution in [0.25, 0.3) is 0 Å². The van der Waals surface area contributed by atoms with E-state index in [1.165, 1.54) is 30.4 Å². The van der Waals surface area contributed by atoms with Crippen LogP contribution >= 0.6 is 0 Å². The van der Waals surface area contributed by atoms with Crippen LogP contribution < -0.4 is 9.47 Å². The molecule has 4 heteroatoms. The molecule has 2 aliphatic heterocycles. The van der Waals surface area contributed by atoms with E-state index in [-0.39, 0.29) is 12.0 Å². The SMILES string of the molecule is COc1cc2c(cc1OC)C1C(C)C(=O)C3C4CCCC4C3N1CC2. The summed E-state index contributed by atoms with van der Waals surface area (Å²) in [6, 6.07) is 4.94. The van der Waals surface area contributed by atoms with Crippen molar-refractivity contribution in [3.05, 3.63) is 23.3 Å². The van der Waals surface area contributed by atoms with E-state index in [1.807, 2.05) is 0 Å². The maximum Gasteiger partial charge on any atom is 0.161 e. The molecule has 6 unspecified atom stereocenters. The van der Waals surface area contributed by atoms with Crippen molar-refractivity contribution in [1.82, 2.24) is 4.90 Å². The fourth-order valence-electron chi connectivity index (χ4n) is 6.44. The van der Waals surface area contributed by atoms with Crippen LogP contribution in [-0.4, -0.2) is 37.5 Å². The number of ether oxygens (including phenoxy) is 2. The standard InChI is InChI=1S/C21H27NO3/c1-11-19-15-10-17(25-3)16(24-2)9-12(15)7-8-22(19)20-14-6-4-5-13(14)18(20)21(11)23/h9-11,13-14,18-20H,4-8H2,1-3H3. The lowest BCUT2D eigenvalue weighted by Crippen LogP contribution is -2.68. The average Bonchev–Trinajstić information content (AvgIpc) is 3.02. The van der Waals surface area contributed by atoms with E-state index >= 15 is 0 Å². The zero-order chi connectivity index (χ0) is 17.3. The molecule has 1 aromatic carbocycles. The number of carbonyl (C=O) groups is 1. The van der Waals surface area contributed by atoms with Gasteiger partial charge in [0.25, 0.3) is 0 Å². The van der Waals surface area contributed by atoms with Crippen molar-refractivity contribution in [1.29, 1.82) is 0 Å². The number of hydrogen-bond donors (Lipinski definition) is 0. The molecule has 25 heavy (non-hydrogen) atoms. The van der Waals surface area contributed by atoms with E-state index in [9.17, 15) is 4.79 Å². The second-order valence-electron chi connectivity index (χ2n) is 8.30. The molecule has 0 amide bonds. The average molecular weight is 341 g/mol. The van der Waals surface area contributed by atoms with Crippen LogP contribution in [0.5, 0.6) is 11.5 Å². The molecule has 4 aliphatic rings. The molecule has 2 heterocycles. The van der Waals surface area contributed by atoms with Gasteiger partial charge in [-0.25, -0.2) is 0 Å². The Hall–Kier alpha value is -1.55. The van der Waals surface area contributed by atoms with E-state index in [0.717, 1.165) is 30.4 Å². The van der Waals surface area contributed by atoms with Crippen LogP contribution in [0.3, 0.4) is 0 Å². The Kier molecular flexibility index (Phi) is 3.43. The van der Waals surface area contributed by atoms with E-state index in [4.69, 9.17) is 9.47 Å².